The number of pyridine rings is 1. The highest BCUT2D eigenvalue weighted by atomic mass is 35.5. The maximum absolute atomic E-state index is 15.3. The highest BCUT2D eigenvalue weighted by molar-refractivity contribution is 6.30. The second kappa shape index (κ2) is 14.8. The third kappa shape index (κ3) is 8.13. The Bertz CT molecular complexity index is 1620. The van der Waals surface area contributed by atoms with Crippen molar-refractivity contribution in [2.24, 2.45) is 5.92 Å². The van der Waals surface area contributed by atoms with Gasteiger partial charge in [-0.3, -0.25) is 4.79 Å². The summed E-state index contributed by atoms with van der Waals surface area (Å²) < 4.78 is 45.7. The van der Waals surface area contributed by atoms with Gasteiger partial charge in [0.05, 0.1) is 31.4 Å². The first-order valence-electron chi connectivity index (χ1n) is 14.7. The van der Waals surface area contributed by atoms with Gasteiger partial charge < -0.3 is 24.8 Å². The normalized spacial score (nSPS) is 19.4. The number of ether oxygens (including phenoxy) is 3. The number of aromatic nitrogens is 1. The zero-order chi connectivity index (χ0) is 31.9. The monoisotopic (exact) mass is 637 g/mol. The van der Waals surface area contributed by atoms with Gasteiger partial charge >= 0.3 is 5.97 Å². The summed E-state index contributed by atoms with van der Waals surface area (Å²) in [5.74, 6) is -1.87. The molecule has 1 aliphatic heterocycles. The van der Waals surface area contributed by atoms with Gasteiger partial charge in [0.1, 0.15) is 18.2 Å². The maximum Gasteiger partial charge on any atom is 0.334 e. The van der Waals surface area contributed by atoms with Crippen LogP contribution in [0.2, 0.25) is 5.02 Å². The van der Waals surface area contributed by atoms with Crippen LogP contribution in [0, 0.1) is 17.6 Å². The fraction of sp³-hybridized carbons (Fsp3) is 0.324. The Kier molecular flexibility index (Phi) is 10.6. The summed E-state index contributed by atoms with van der Waals surface area (Å²) in [7, 11) is 1.34. The topological polar surface area (TPSA) is 98.8 Å². The van der Waals surface area contributed by atoms with Crippen LogP contribution in [0.25, 0.3) is 11.3 Å². The van der Waals surface area contributed by atoms with Crippen molar-refractivity contribution in [3.05, 3.63) is 106 Å². The van der Waals surface area contributed by atoms with Crippen LogP contribution in [0.3, 0.4) is 0 Å². The van der Waals surface area contributed by atoms with Crippen molar-refractivity contribution in [3.8, 4) is 17.1 Å². The lowest BCUT2D eigenvalue weighted by atomic mass is 9.86. The van der Waals surface area contributed by atoms with Crippen LogP contribution >= 0.6 is 11.6 Å². The van der Waals surface area contributed by atoms with E-state index in [-0.39, 0.29) is 53.5 Å². The molecule has 1 saturated heterocycles. The van der Waals surface area contributed by atoms with Crippen molar-refractivity contribution < 1.29 is 32.6 Å². The second-order valence-electron chi connectivity index (χ2n) is 11.0. The lowest BCUT2D eigenvalue weighted by molar-refractivity contribution is -0.136. The zero-order valence-electron chi connectivity index (χ0n) is 24.9. The quantitative estimate of drug-likeness (QED) is 0.261. The van der Waals surface area contributed by atoms with Crippen LogP contribution in [0.5, 0.6) is 5.88 Å². The molecule has 2 N–H and O–H groups in total. The van der Waals surface area contributed by atoms with Crippen LogP contribution < -0.4 is 15.4 Å². The molecule has 236 valence electrons. The number of esters is 1. The van der Waals surface area contributed by atoms with Crippen LogP contribution in [-0.2, 0) is 32.1 Å². The molecule has 0 saturated carbocycles. The first-order chi connectivity index (χ1) is 21.7. The summed E-state index contributed by atoms with van der Waals surface area (Å²) in [6.07, 6.45) is 5.28. The number of nitrogens with one attached hydrogen (secondary N) is 2. The molecule has 45 heavy (non-hydrogen) atoms. The van der Waals surface area contributed by atoms with Crippen molar-refractivity contribution >= 4 is 23.5 Å². The minimum absolute atomic E-state index is 0.0661. The minimum atomic E-state index is -0.555. The molecule has 1 amide bonds. The van der Waals surface area contributed by atoms with Gasteiger partial charge in [0.2, 0.25) is 11.8 Å². The molecule has 3 atom stereocenters. The number of rotatable bonds is 11. The number of hydrogen-bond donors (Lipinski definition) is 2. The van der Waals surface area contributed by atoms with E-state index in [4.69, 9.17) is 25.8 Å². The predicted molar refractivity (Wildman–Crippen MR) is 165 cm³/mol. The van der Waals surface area contributed by atoms with E-state index in [9.17, 15) is 14.0 Å². The zero-order valence-corrected chi connectivity index (χ0v) is 25.7. The molecule has 1 aromatic heterocycles. The van der Waals surface area contributed by atoms with E-state index >= 15 is 4.39 Å². The molecular weight excluding hydrogens is 604 g/mol. The molecule has 2 unspecified atom stereocenters. The van der Waals surface area contributed by atoms with Gasteiger partial charge in [-0.15, -0.1) is 0 Å². The van der Waals surface area contributed by atoms with Crippen molar-refractivity contribution in [1.29, 1.82) is 0 Å². The van der Waals surface area contributed by atoms with E-state index in [1.54, 1.807) is 48.6 Å². The first-order valence-corrected chi connectivity index (χ1v) is 15.1. The highest BCUT2D eigenvalue weighted by Crippen LogP contribution is 2.27. The molecule has 8 nitrogen and oxygen atoms in total. The van der Waals surface area contributed by atoms with Crippen molar-refractivity contribution in [2.75, 3.05) is 20.3 Å². The van der Waals surface area contributed by atoms with Crippen LogP contribution in [0.15, 0.2) is 78.0 Å². The average molecular weight is 638 g/mol. The van der Waals surface area contributed by atoms with Crippen molar-refractivity contribution in [3.63, 3.8) is 0 Å². The molecule has 2 aliphatic rings. The Balaban J connectivity index is 1.24. The Hall–Kier alpha value is -4.12. The van der Waals surface area contributed by atoms with Gasteiger partial charge in [-0.1, -0.05) is 36.7 Å². The SMILES string of the molecule is COC(=O)C1=CC=C(NC(=O)Cc2ccc(-c3cccc(OCc4ccc(Cl)cc4F)n3)c(F)c2)C(NC[C@@H]2CCCO2)C1C. The van der Waals surface area contributed by atoms with E-state index in [1.807, 2.05) is 6.92 Å². The Labute approximate surface area is 265 Å². The van der Waals surface area contributed by atoms with E-state index < -0.39 is 17.6 Å². The number of carbonyl (C=O) groups is 2. The number of methoxy groups -OCH3 is 1. The molecule has 0 spiro atoms. The molecule has 5 rings (SSSR count). The van der Waals surface area contributed by atoms with E-state index in [0.717, 1.165) is 19.4 Å². The molecule has 0 radical (unpaired) electrons. The molecule has 2 heterocycles. The Morgan fingerprint density at radius 2 is 1.93 bits per heavy atom. The Morgan fingerprint density at radius 3 is 2.67 bits per heavy atom. The lowest BCUT2D eigenvalue weighted by Gasteiger charge is -2.32. The molecule has 1 fully saturated rings. The van der Waals surface area contributed by atoms with Crippen molar-refractivity contribution in [1.82, 2.24) is 15.6 Å². The molecule has 11 heteroatoms. The largest absolute Gasteiger partial charge is 0.473 e. The minimum Gasteiger partial charge on any atom is -0.473 e. The molecule has 2 aromatic carbocycles. The highest BCUT2D eigenvalue weighted by Gasteiger charge is 2.32. The fourth-order valence-electron chi connectivity index (χ4n) is 5.43. The number of benzene rings is 2. The molecular formula is C34H34ClF2N3O5. The molecule has 3 aromatic rings. The van der Waals surface area contributed by atoms with Gasteiger partial charge in [-0.2, -0.15) is 0 Å². The molecule has 0 bridgehead atoms. The van der Waals surface area contributed by atoms with E-state index in [0.29, 0.717) is 34.6 Å². The second-order valence-corrected chi connectivity index (χ2v) is 11.4. The fourth-order valence-corrected chi connectivity index (χ4v) is 5.59. The number of amides is 1. The van der Waals surface area contributed by atoms with E-state index in [2.05, 4.69) is 15.6 Å². The summed E-state index contributed by atoms with van der Waals surface area (Å²) in [6.45, 7) is 3.11. The third-order valence-electron chi connectivity index (χ3n) is 7.85. The maximum atomic E-state index is 15.3. The number of allylic oxidation sites excluding steroid dienone is 2. The first kappa shape index (κ1) is 32.3. The number of halogens is 3. The van der Waals surface area contributed by atoms with Crippen molar-refractivity contribution in [2.45, 2.75) is 44.9 Å². The Morgan fingerprint density at radius 1 is 1.09 bits per heavy atom. The van der Waals surface area contributed by atoms with Crippen LogP contribution in [0.4, 0.5) is 8.78 Å². The summed E-state index contributed by atoms with van der Waals surface area (Å²) in [6, 6.07) is 13.4. The average Bonchev–Trinajstić information content (AvgIpc) is 3.54. The summed E-state index contributed by atoms with van der Waals surface area (Å²) in [5, 5.41) is 6.68. The summed E-state index contributed by atoms with van der Waals surface area (Å²) in [4.78, 5) is 29.8. The number of nitrogens with zero attached hydrogens (tertiary/aromatic N) is 1. The van der Waals surface area contributed by atoms with Gasteiger partial charge in [-0.05, 0) is 60.9 Å². The third-order valence-corrected chi connectivity index (χ3v) is 8.09. The number of carbonyl (C=O) groups excluding carboxylic acids is 2. The van der Waals surface area contributed by atoms with E-state index in [1.165, 1.54) is 25.3 Å². The summed E-state index contributed by atoms with van der Waals surface area (Å²) >= 11 is 5.81. The number of hydrogen-bond acceptors (Lipinski definition) is 7. The van der Waals surface area contributed by atoms with Gasteiger partial charge in [0.15, 0.2) is 0 Å². The van der Waals surface area contributed by atoms with Gasteiger partial charge in [0.25, 0.3) is 0 Å². The standard InChI is InChI=1S/C34H34ClF2N3O5/c1-20-25(34(42)43-2)12-13-30(33(20)38-18-24-5-4-14-44-24)39-31(41)16-21-8-11-26(28(37)15-21)29-6-3-7-32(40-29)45-19-22-9-10-23(35)17-27(22)36/h3,6-13,15,17,20,24,33,38H,4-5,14,16,18-19H2,1-2H3,(H,39,41)/t20?,24-,33?/m0/s1. The molecule has 1 aliphatic carbocycles. The van der Waals surface area contributed by atoms with Crippen LogP contribution in [-0.4, -0.2) is 49.3 Å². The lowest BCUT2D eigenvalue weighted by Crippen LogP contribution is -2.48. The summed E-state index contributed by atoms with van der Waals surface area (Å²) in [5.41, 5.74) is 2.44. The van der Waals surface area contributed by atoms with Crippen LogP contribution in [0.1, 0.15) is 30.9 Å². The smallest absolute Gasteiger partial charge is 0.334 e. The predicted octanol–water partition coefficient (Wildman–Crippen LogP) is 5.69. The van der Waals surface area contributed by atoms with Gasteiger partial charge in [0, 0.05) is 52.6 Å². The van der Waals surface area contributed by atoms with Gasteiger partial charge in [-0.25, -0.2) is 18.6 Å².